The summed E-state index contributed by atoms with van der Waals surface area (Å²) in [6.07, 6.45) is 1.53. The van der Waals surface area contributed by atoms with Crippen LogP contribution < -0.4 is 21.5 Å². The van der Waals surface area contributed by atoms with Gasteiger partial charge in [-0.1, -0.05) is 12.1 Å². The van der Waals surface area contributed by atoms with Crippen molar-refractivity contribution in [3.05, 3.63) is 51.4 Å². The Morgan fingerprint density at radius 3 is 2.66 bits per heavy atom. The number of hydrogen-bond donors (Lipinski definition) is 1. The van der Waals surface area contributed by atoms with Crippen LogP contribution in [0, 0.1) is 0 Å². The van der Waals surface area contributed by atoms with Crippen molar-refractivity contribution in [3.63, 3.8) is 0 Å². The number of rotatable bonds is 2. The highest BCUT2D eigenvalue weighted by atomic mass is 16.2. The van der Waals surface area contributed by atoms with Gasteiger partial charge in [-0.3, -0.25) is 23.5 Å². The minimum atomic E-state index is -0.519. The Kier molecular flexibility index (Phi) is 4.33. The van der Waals surface area contributed by atoms with Gasteiger partial charge in [0.25, 0.3) is 5.56 Å². The maximum atomic E-state index is 13.3. The highest BCUT2D eigenvalue weighted by molar-refractivity contribution is 6.04. The van der Waals surface area contributed by atoms with Crippen LogP contribution in [0.25, 0.3) is 11.2 Å². The van der Waals surface area contributed by atoms with Crippen molar-refractivity contribution in [2.75, 3.05) is 10.2 Å². The van der Waals surface area contributed by atoms with E-state index in [9.17, 15) is 19.2 Å². The van der Waals surface area contributed by atoms with E-state index in [2.05, 4.69) is 10.3 Å². The van der Waals surface area contributed by atoms with Crippen LogP contribution in [-0.4, -0.2) is 36.5 Å². The molecule has 0 fully saturated rings. The number of carbonyl (C=O) groups excluding carboxylic acids is 2. The number of nitrogens with zero attached hydrogens (tertiary/aromatic N) is 5. The fraction of sp³-hybridized carbons (Fsp3) is 0.316. The van der Waals surface area contributed by atoms with Crippen LogP contribution in [0.2, 0.25) is 0 Å². The molecule has 1 N–H and O–H groups in total. The first kappa shape index (κ1) is 18.7. The van der Waals surface area contributed by atoms with E-state index in [4.69, 9.17) is 0 Å². The number of aromatic nitrogens is 4. The Morgan fingerprint density at radius 1 is 1.17 bits per heavy atom. The molecule has 1 atom stereocenters. The minimum absolute atomic E-state index is 0.154. The van der Waals surface area contributed by atoms with Crippen molar-refractivity contribution in [3.8, 4) is 0 Å². The van der Waals surface area contributed by atoms with Gasteiger partial charge in [0.05, 0.1) is 17.7 Å². The van der Waals surface area contributed by atoms with Gasteiger partial charge in [-0.05, 0) is 19.1 Å². The summed E-state index contributed by atoms with van der Waals surface area (Å²) in [5, 5.41) is 2.81. The Balaban J connectivity index is 1.78. The lowest BCUT2D eigenvalue weighted by atomic mass is 10.1. The van der Waals surface area contributed by atoms with Crippen LogP contribution in [0.5, 0.6) is 0 Å². The third-order valence-corrected chi connectivity index (χ3v) is 5.15. The summed E-state index contributed by atoms with van der Waals surface area (Å²) in [4.78, 5) is 55.8. The van der Waals surface area contributed by atoms with E-state index in [-0.39, 0.29) is 42.0 Å². The monoisotopic (exact) mass is 396 g/mol. The summed E-state index contributed by atoms with van der Waals surface area (Å²) in [5.74, 6) is -0.464. The van der Waals surface area contributed by atoms with Crippen LogP contribution in [0.3, 0.4) is 0 Å². The second-order valence-electron chi connectivity index (χ2n) is 7.13. The van der Waals surface area contributed by atoms with Crippen molar-refractivity contribution in [2.45, 2.75) is 25.9 Å². The maximum absolute atomic E-state index is 13.3. The molecule has 10 nitrogen and oxygen atoms in total. The summed E-state index contributed by atoms with van der Waals surface area (Å²) in [6.45, 7) is 1.64. The quantitative estimate of drug-likeness (QED) is 0.665. The molecule has 0 radical (unpaired) electrons. The molecule has 150 valence electrons. The number of hydrogen-bond acceptors (Lipinski definition) is 5. The van der Waals surface area contributed by atoms with E-state index in [1.807, 2.05) is 0 Å². The Morgan fingerprint density at radius 2 is 1.90 bits per heavy atom. The number of amides is 2. The van der Waals surface area contributed by atoms with Gasteiger partial charge in [0.1, 0.15) is 6.54 Å². The summed E-state index contributed by atoms with van der Waals surface area (Å²) in [7, 11) is 2.90. The normalized spacial score (nSPS) is 16.4. The Hall–Kier alpha value is -3.69. The van der Waals surface area contributed by atoms with Gasteiger partial charge in [-0.15, -0.1) is 0 Å². The molecule has 3 aromatic rings. The standard InChI is InChI=1S/C19H20N6O4/c1-11-8-14(26)21-12-6-4-5-7-13(12)25(11)15(27)9-24-10-20-17-16(24)18(28)23(3)19(29)22(17)2/h4-7,10-11H,8-9H2,1-3H3,(H,21,26)/t11-/m1/s1. The van der Waals surface area contributed by atoms with Crippen molar-refractivity contribution >= 4 is 34.4 Å². The van der Waals surface area contributed by atoms with Gasteiger partial charge in [-0.25, -0.2) is 9.78 Å². The third kappa shape index (κ3) is 2.93. The molecule has 2 aromatic heterocycles. The fourth-order valence-electron chi connectivity index (χ4n) is 3.71. The van der Waals surface area contributed by atoms with Crippen LogP contribution in [0.15, 0.2) is 40.2 Å². The fourth-order valence-corrected chi connectivity index (χ4v) is 3.71. The minimum Gasteiger partial charge on any atom is -0.324 e. The number of anilines is 2. The predicted molar refractivity (Wildman–Crippen MR) is 107 cm³/mol. The average Bonchev–Trinajstić information content (AvgIpc) is 3.03. The van der Waals surface area contributed by atoms with Gasteiger partial charge in [0.15, 0.2) is 11.2 Å². The molecule has 29 heavy (non-hydrogen) atoms. The second kappa shape index (κ2) is 6.73. The van der Waals surface area contributed by atoms with Gasteiger partial charge in [-0.2, -0.15) is 0 Å². The highest BCUT2D eigenvalue weighted by Crippen LogP contribution is 2.31. The molecule has 0 bridgehead atoms. The number of aryl methyl sites for hydroxylation is 1. The zero-order valence-corrected chi connectivity index (χ0v) is 16.2. The van der Waals surface area contributed by atoms with E-state index in [1.54, 1.807) is 36.1 Å². The van der Waals surface area contributed by atoms with E-state index in [0.717, 1.165) is 4.57 Å². The van der Waals surface area contributed by atoms with E-state index in [0.29, 0.717) is 11.4 Å². The number of nitrogens with one attached hydrogen (secondary N) is 1. The van der Waals surface area contributed by atoms with Crippen molar-refractivity contribution < 1.29 is 9.59 Å². The smallest absolute Gasteiger partial charge is 0.324 e. The second-order valence-corrected chi connectivity index (χ2v) is 7.13. The summed E-state index contributed by atoms with van der Waals surface area (Å²) in [6, 6.07) is 6.72. The number of carbonyl (C=O) groups is 2. The van der Waals surface area contributed by atoms with Gasteiger partial charge in [0.2, 0.25) is 11.8 Å². The lowest BCUT2D eigenvalue weighted by Gasteiger charge is -2.28. The lowest BCUT2D eigenvalue weighted by molar-refractivity contribution is -0.119. The molecule has 10 heteroatoms. The molecule has 4 rings (SSSR count). The van der Waals surface area contributed by atoms with Crippen LogP contribution in [0.4, 0.5) is 11.4 Å². The first-order valence-corrected chi connectivity index (χ1v) is 9.11. The molecule has 1 aliphatic rings. The lowest BCUT2D eigenvalue weighted by Crippen LogP contribution is -2.41. The highest BCUT2D eigenvalue weighted by Gasteiger charge is 2.30. The first-order valence-electron chi connectivity index (χ1n) is 9.11. The van der Waals surface area contributed by atoms with Gasteiger partial charge < -0.3 is 14.8 Å². The van der Waals surface area contributed by atoms with Crippen LogP contribution in [-0.2, 0) is 30.2 Å². The number of fused-ring (bicyclic) bond motifs is 2. The topological polar surface area (TPSA) is 111 Å². The summed E-state index contributed by atoms with van der Waals surface area (Å²) in [5.41, 5.74) is 0.540. The molecule has 0 saturated heterocycles. The zero-order valence-electron chi connectivity index (χ0n) is 16.2. The number of para-hydroxylation sites is 2. The van der Waals surface area contributed by atoms with Gasteiger partial charge >= 0.3 is 5.69 Å². The molecule has 2 amide bonds. The van der Waals surface area contributed by atoms with Crippen LogP contribution in [0.1, 0.15) is 13.3 Å². The van der Waals surface area contributed by atoms with E-state index >= 15 is 0 Å². The summed E-state index contributed by atoms with van der Waals surface area (Å²) < 4.78 is 3.69. The molecule has 0 unspecified atom stereocenters. The van der Waals surface area contributed by atoms with Gasteiger partial charge in [0, 0.05) is 26.6 Å². The van der Waals surface area contributed by atoms with E-state index in [1.165, 1.54) is 29.6 Å². The van der Waals surface area contributed by atoms with Crippen molar-refractivity contribution in [1.29, 1.82) is 0 Å². The largest absolute Gasteiger partial charge is 0.332 e. The Labute approximate surface area is 165 Å². The first-order chi connectivity index (χ1) is 13.8. The van der Waals surface area contributed by atoms with Crippen LogP contribution >= 0.6 is 0 Å². The maximum Gasteiger partial charge on any atom is 0.332 e. The molecule has 1 aromatic carbocycles. The molecular formula is C19H20N6O4. The molecule has 0 aliphatic carbocycles. The van der Waals surface area contributed by atoms with E-state index < -0.39 is 11.2 Å². The summed E-state index contributed by atoms with van der Waals surface area (Å²) >= 11 is 0. The molecule has 3 heterocycles. The van der Waals surface area contributed by atoms with Crippen molar-refractivity contribution in [1.82, 2.24) is 18.7 Å². The molecular weight excluding hydrogens is 376 g/mol. The Bertz CT molecular complexity index is 1270. The molecule has 0 spiro atoms. The average molecular weight is 396 g/mol. The molecule has 1 aliphatic heterocycles. The number of benzene rings is 1. The zero-order chi connectivity index (χ0) is 20.9. The third-order valence-electron chi connectivity index (χ3n) is 5.15. The SMILES string of the molecule is C[C@@H]1CC(=O)Nc2ccccc2N1C(=O)Cn1cnc2c1c(=O)n(C)c(=O)n2C. The predicted octanol–water partition coefficient (Wildman–Crippen LogP) is 0.198. The van der Waals surface area contributed by atoms with Crippen molar-refractivity contribution in [2.24, 2.45) is 14.1 Å². The molecule has 0 saturated carbocycles. The number of imidazole rings is 1.